The molecule has 1 aliphatic carbocycles. The molecule has 0 aromatic carbocycles. The molecule has 1 saturated carbocycles. The molecule has 0 atom stereocenters. The van der Waals surface area contributed by atoms with Crippen LogP contribution in [0.4, 0.5) is 0 Å². The maximum atomic E-state index is 11.9. The van der Waals surface area contributed by atoms with E-state index in [9.17, 15) is 4.79 Å². The van der Waals surface area contributed by atoms with Gasteiger partial charge in [0.2, 0.25) is 0 Å². The second-order valence-electron chi connectivity index (χ2n) is 3.54. The maximum absolute atomic E-state index is 11.9. The molecule has 1 aromatic rings. The molecule has 1 amide bonds. The van der Waals surface area contributed by atoms with E-state index >= 15 is 0 Å². The quantitative estimate of drug-likeness (QED) is 0.738. The van der Waals surface area contributed by atoms with Crippen LogP contribution >= 0.6 is 0 Å². The Morgan fingerprint density at radius 2 is 2.43 bits per heavy atom. The van der Waals surface area contributed by atoms with Gasteiger partial charge in [0, 0.05) is 18.8 Å². The van der Waals surface area contributed by atoms with Gasteiger partial charge in [0.15, 0.2) is 0 Å². The minimum Gasteiger partial charge on any atom is -0.395 e. The van der Waals surface area contributed by atoms with E-state index in [1.807, 2.05) is 0 Å². The predicted molar refractivity (Wildman–Crippen MR) is 51.9 cm³/mol. The first-order valence-electron chi connectivity index (χ1n) is 4.88. The summed E-state index contributed by atoms with van der Waals surface area (Å²) in [6.07, 6.45) is 3.86. The summed E-state index contributed by atoms with van der Waals surface area (Å²) in [6.45, 7) is 0.464. The fourth-order valence-electron chi connectivity index (χ4n) is 1.56. The molecular weight excluding hydrogens is 180 g/mol. The monoisotopic (exact) mass is 194 g/mol. The van der Waals surface area contributed by atoms with Gasteiger partial charge in [-0.3, -0.25) is 4.79 Å². The van der Waals surface area contributed by atoms with Crippen LogP contribution in [0, 0.1) is 0 Å². The van der Waals surface area contributed by atoms with Crippen LogP contribution in [0.25, 0.3) is 0 Å². The Hall–Kier alpha value is -1.29. The first kappa shape index (κ1) is 9.27. The van der Waals surface area contributed by atoms with E-state index in [2.05, 4.69) is 4.98 Å². The number of aliphatic hydroxyl groups is 1. The van der Waals surface area contributed by atoms with Crippen LogP contribution in [0.5, 0.6) is 0 Å². The molecule has 4 heteroatoms. The predicted octanol–water partition coefficient (Wildman–Crippen LogP) is 0.612. The summed E-state index contributed by atoms with van der Waals surface area (Å²) >= 11 is 0. The molecule has 4 nitrogen and oxygen atoms in total. The number of aliphatic hydroxyl groups excluding tert-OH is 1. The minimum absolute atomic E-state index is 0.00782. The number of nitrogens with zero attached hydrogens (tertiary/aromatic N) is 1. The van der Waals surface area contributed by atoms with Crippen LogP contribution in [0.15, 0.2) is 18.3 Å². The molecule has 0 saturated heterocycles. The molecule has 2 N–H and O–H groups in total. The Morgan fingerprint density at radius 3 is 2.93 bits per heavy atom. The normalized spacial score (nSPS) is 15.5. The third-order valence-corrected chi connectivity index (χ3v) is 2.42. The average molecular weight is 194 g/mol. The SMILES string of the molecule is O=C(c1ccc[nH]1)N(CCO)C1CC1. The van der Waals surface area contributed by atoms with Crippen LogP contribution in [0.3, 0.4) is 0 Å². The molecule has 2 rings (SSSR count). The van der Waals surface area contributed by atoms with Crippen molar-refractivity contribution in [3.63, 3.8) is 0 Å². The Bertz CT molecular complexity index is 304. The smallest absolute Gasteiger partial charge is 0.270 e. The van der Waals surface area contributed by atoms with Crippen LogP contribution < -0.4 is 0 Å². The fourth-order valence-corrected chi connectivity index (χ4v) is 1.56. The van der Waals surface area contributed by atoms with E-state index in [4.69, 9.17) is 5.11 Å². The summed E-state index contributed by atoms with van der Waals surface area (Å²) in [5.41, 5.74) is 0.602. The van der Waals surface area contributed by atoms with Crippen LogP contribution in [0.1, 0.15) is 23.3 Å². The third kappa shape index (κ3) is 1.80. The van der Waals surface area contributed by atoms with Gasteiger partial charge in [-0.05, 0) is 25.0 Å². The number of H-pyrrole nitrogens is 1. The Labute approximate surface area is 82.5 Å². The highest BCUT2D eigenvalue weighted by Crippen LogP contribution is 2.27. The zero-order chi connectivity index (χ0) is 9.97. The lowest BCUT2D eigenvalue weighted by Gasteiger charge is -2.20. The minimum atomic E-state index is -0.00782. The van der Waals surface area contributed by atoms with Gasteiger partial charge in [-0.2, -0.15) is 0 Å². The lowest BCUT2D eigenvalue weighted by atomic mass is 10.3. The van der Waals surface area contributed by atoms with Gasteiger partial charge in [-0.25, -0.2) is 0 Å². The molecule has 1 heterocycles. The lowest BCUT2D eigenvalue weighted by Crippen LogP contribution is -2.35. The highest BCUT2D eigenvalue weighted by molar-refractivity contribution is 5.92. The van der Waals surface area contributed by atoms with Gasteiger partial charge in [0.25, 0.3) is 5.91 Å². The van der Waals surface area contributed by atoms with Crippen molar-refractivity contribution in [2.45, 2.75) is 18.9 Å². The summed E-state index contributed by atoms with van der Waals surface area (Å²) in [5.74, 6) is -0.00782. The number of carbonyl (C=O) groups excluding carboxylic acids is 1. The van der Waals surface area contributed by atoms with E-state index in [0.717, 1.165) is 12.8 Å². The summed E-state index contributed by atoms with van der Waals surface area (Å²) in [5, 5.41) is 8.86. The van der Waals surface area contributed by atoms with Crippen LogP contribution in [-0.4, -0.2) is 40.1 Å². The van der Waals surface area contributed by atoms with Crippen LogP contribution in [0.2, 0.25) is 0 Å². The van der Waals surface area contributed by atoms with Crippen molar-refractivity contribution >= 4 is 5.91 Å². The standard InChI is InChI=1S/C10H14N2O2/c13-7-6-12(8-3-4-8)10(14)9-2-1-5-11-9/h1-2,5,8,11,13H,3-4,6-7H2. The molecule has 1 fully saturated rings. The van der Waals surface area contributed by atoms with Gasteiger partial charge in [0.05, 0.1) is 6.61 Å². The number of carbonyl (C=O) groups is 1. The Morgan fingerprint density at radius 1 is 1.64 bits per heavy atom. The van der Waals surface area contributed by atoms with E-state index in [-0.39, 0.29) is 12.5 Å². The number of aromatic amines is 1. The molecule has 14 heavy (non-hydrogen) atoms. The Kier molecular flexibility index (Phi) is 2.54. The molecule has 0 spiro atoms. The van der Waals surface area contributed by atoms with E-state index in [1.165, 1.54) is 0 Å². The van der Waals surface area contributed by atoms with Crippen molar-refractivity contribution < 1.29 is 9.90 Å². The Balaban J connectivity index is 2.07. The van der Waals surface area contributed by atoms with Crippen molar-refractivity contribution in [2.24, 2.45) is 0 Å². The van der Waals surface area contributed by atoms with Crippen molar-refractivity contribution in [1.82, 2.24) is 9.88 Å². The van der Waals surface area contributed by atoms with Crippen molar-refractivity contribution in [1.29, 1.82) is 0 Å². The van der Waals surface area contributed by atoms with E-state index in [1.54, 1.807) is 23.2 Å². The van der Waals surface area contributed by atoms with Crippen molar-refractivity contribution in [3.05, 3.63) is 24.0 Å². The second kappa shape index (κ2) is 3.84. The number of amides is 1. The highest BCUT2D eigenvalue weighted by atomic mass is 16.3. The van der Waals surface area contributed by atoms with Gasteiger partial charge < -0.3 is 15.0 Å². The number of nitrogens with one attached hydrogen (secondary N) is 1. The second-order valence-corrected chi connectivity index (χ2v) is 3.54. The number of hydrogen-bond donors (Lipinski definition) is 2. The zero-order valence-corrected chi connectivity index (χ0v) is 7.94. The maximum Gasteiger partial charge on any atom is 0.270 e. The summed E-state index contributed by atoms with van der Waals surface area (Å²) in [6, 6.07) is 3.91. The number of rotatable bonds is 4. The molecule has 1 aliphatic rings. The van der Waals surface area contributed by atoms with Crippen molar-refractivity contribution in [2.75, 3.05) is 13.2 Å². The third-order valence-electron chi connectivity index (χ3n) is 2.42. The van der Waals surface area contributed by atoms with Crippen molar-refractivity contribution in [3.8, 4) is 0 Å². The zero-order valence-electron chi connectivity index (χ0n) is 7.94. The summed E-state index contributed by atoms with van der Waals surface area (Å²) in [4.78, 5) is 16.5. The first-order valence-corrected chi connectivity index (χ1v) is 4.88. The lowest BCUT2D eigenvalue weighted by molar-refractivity contribution is 0.0702. The molecule has 0 aliphatic heterocycles. The molecule has 0 unspecified atom stereocenters. The molecule has 0 bridgehead atoms. The molecule has 0 radical (unpaired) electrons. The van der Waals surface area contributed by atoms with Gasteiger partial charge >= 0.3 is 0 Å². The largest absolute Gasteiger partial charge is 0.395 e. The van der Waals surface area contributed by atoms with Gasteiger partial charge in [0.1, 0.15) is 5.69 Å². The molecule has 1 aromatic heterocycles. The first-order chi connectivity index (χ1) is 6.83. The molecule has 76 valence electrons. The summed E-state index contributed by atoms with van der Waals surface area (Å²) in [7, 11) is 0. The van der Waals surface area contributed by atoms with E-state index in [0.29, 0.717) is 18.3 Å². The highest BCUT2D eigenvalue weighted by Gasteiger charge is 2.32. The average Bonchev–Trinajstić information content (AvgIpc) is 2.88. The van der Waals surface area contributed by atoms with Crippen LogP contribution in [-0.2, 0) is 0 Å². The topological polar surface area (TPSA) is 56.3 Å². The fraction of sp³-hybridized carbons (Fsp3) is 0.500. The van der Waals surface area contributed by atoms with Gasteiger partial charge in [-0.15, -0.1) is 0 Å². The molecular formula is C10H14N2O2. The van der Waals surface area contributed by atoms with Gasteiger partial charge in [-0.1, -0.05) is 0 Å². The van der Waals surface area contributed by atoms with E-state index < -0.39 is 0 Å². The number of hydrogen-bond acceptors (Lipinski definition) is 2. The number of aromatic nitrogens is 1. The summed E-state index contributed by atoms with van der Waals surface area (Å²) < 4.78 is 0.